The monoisotopic (exact) mass is 803 g/mol. The Balaban J connectivity index is 0.697. The quantitative estimate of drug-likeness (QED) is 0.0882. The highest BCUT2D eigenvalue weighted by atomic mass is 16.6. The summed E-state index contributed by atoms with van der Waals surface area (Å²) in [5.41, 5.74) is 4.61. The van der Waals surface area contributed by atoms with Gasteiger partial charge in [-0.2, -0.15) is 0 Å². The van der Waals surface area contributed by atoms with Crippen LogP contribution in [-0.2, 0) is 46.7 Å². The molecule has 7 rings (SSSR count). The number of aryl methyl sites for hydroxylation is 2. The molecule has 0 radical (unpaired) electrons. The van der Waals surface area contributed by atoms with Crippen LogP contribution < -0.4 is 11.0 Å². The normalized spacial score (nSPS) is 20.8. The van der Waals surface area contributed by atoms with Crippen molar-refractivity contribution in [2.24, 2.45) is 7.05 Å². The lowest BCUT2D eigenvalue weighted by atomic mass is 9.89. The molecule has 58 heavy (non-hydrogen) atoms. The Morgan fingerprint density at radius 1 is 0.879 bits per heavy atom. The lowest BCUT2D eigenvalue weighted by Crippen LogP contribution is -2.40. The number of anilines is 1. The lowest BCUT2D eigenvalue weighted by Gasteiger charge is -2.35. The zero-order valence-electron chi connectivity index (χ0n) is 34.3. The first-order valence-corrected chi connectivity index (χ1v) is 21.3. The van der Waals surface area contributed by atoms with Crippen molar-refractivity contribution >= 4 is 39.5 Å². The minimum atomic E-state index is -0.583. The molecular formula is C43H61N7O8. The molecule has 1 saturated heterocycles. The van der Waals surface area contributed by atoms with Gasteiger partial charge in [0.05, 0.1) is 75.1 Å². The SMILES string of the molecule is CN(CCOCCOCCOCCOCCCc1cccc2c1n(C)c(=O)n2C1CCC(=O)CC1=O)C1CCC(Nc2ncnc3[nH]cc(C4CCOCC4)c23)CC1. The fourth-order valence-corrected chi connectivity index (χ4v) is 8.95. The van der Waals surface area contributed by atoms with Crippen LogP contribution in [0.1, 0.15) is 87.3 Å². The highest BCUT2D eigenvalue weighted by molar-refractivity contribution is 6.03. The summed E-state index contributed by atoms with van der Waals surface area (Å²) < 4.78 is 31.8. The largest absolute Gasteiger partial charge is 0.381 e. The fraction of sp³-hybridized carbons (Fsp3) is 0.651. The molecule has 0 bridgehead atoms. The highest BCUT2D eigenvalue weighted by Gasteiger charge is 2.32. The molecule has 1 atom stereocenters. The third kappa shape index (κ3) is 10.4. The molecule has 2 N–H and O–H groups in total. The zero-order chi connectivity index (χ0) is 40.3. The summed E-state index contributed by atoms with van der Waals surface area (Å²) in [4.78, 5) is 52.5. The van der Waals surface area contributed by atoms with Crippen LogP contribution in [0.2, 0.25) is 0 Å². The minimum absolute atomic E-state index is 0.0534. The van der Waals surface area contributed by atoms with Crippen LogP contribution in [0.15, 0.2) is 35.5 Å². The number of para-hydroxylation sites is 1. The second-order valence-electron chi connectivity index (χ2n) is 16.0. The number of hydrogen-bond donors (Lipinski definition) is 2. The Kier molecular flexibility index (Phi) is 15.1. The van der Waals surface area contributed by atoms with Crippen LogP contribution >= 0.6 is 0 Å². The maximum atomic E-state index is 13.2. The van der Waals surface area contributed by atoms with E-state index in [-0.39, 0.29) is 23.7 Å². The second-order valence-corrected chi connectivity index (χ2v) is 16.0. The van der Waals surface area contributed by atoms with Crippen molar-refractivity contribution in [1.82, 2.24) is 29.0 Å². The van der Waals surface area contributed by atoms with Gasteiger partial charge >= 0.3 is 5.69 Å². The number of imidazole rings is 1. The number of likely N-dealkylation sites (N-methyl/N-ethyl adjacent to an activating group) is 1. The van der Waals surface area contributed by atoms with Gasteiger partial charge in [0.1, 0.15) is 23.6 Å². The van der Waals surface area contributed by atoms with E-state index in [4.69, 9.17) is 23.7 Å². The van der Waals surface area contributed by atoms with E-state index in [2.05, 4.69) is 38.4 Å². The van der Waals surface area contributed by atoms with E-state index in [9.17, 15) is 14.4 Å². The van der Waals surface area contributed by atoms with Crippen molar-refractivity contribution in [3.05, 3.63) is 52.3 Å². The van der Waals surface area contributed by atoms with E-state index < -0.39 is 6.04 Å². The maximum absolute atomic E-state index is 13.2. The molecule has 15 heteroatoms. The number of hydrogen-bond acceptors (Lipinski definition) is 12. The van der Waals surface area contributed by atoms with Gasteiger partial charge in [0.15, 0.2) is 5.78 Å². The summed E-state index contributed by atoms with van der Waals surface area (Å²) in [6.07, 6.45) is 12.5. The van der Waals surface area contributed by atoms with Gasteiger partial charge in [0.25, 0.3) is 0 Å². The molecule has 1 aliphatic heterocycles. The first-order valence-electron chi connectivity index (χ1n) is 21.3. The molecular weight excluding hydrogens is 743 g/mol. The third-order valence-electron chi connectivity index (χ3n) is 12.2. The number of rotatable bonds is 21. The fourth-order valence-electron chi connectivity index (χ4n) is 8.95. The number of ketones is 2. The number of aromatic amines is 1. The van der Waals surface area contributed by atoms with E-state index in [1.165, 1.54) is 5.56 Å². The lowest BCUT2D eigenvalue weighted by molar-refractivity contribution is -0.132. The molecule has 4 aromatic rings. The van der Waals surface area contributed by atoms with Gasteiger partial charge in [-0.3, -0.25) is 18.7 Å². The summed E-state index contributed by atoms with van der Waals surface area (Å²) in [5, 5.41) is 4.92. The Morgan fingerprint density at radius 3 is 2.31 bits per heavy atom. The van der Waals surface area contributed by atoms with E-state index in [1.807, 2.05) is 18.2 Å². The number of carbonyl (C=O) groups excluding carboxylic acids is 2. The minimum Gasteiger partial charge on any atom is -0.381 e. The van der Waals surface area contributed by atoms with Crippen LogP contribution in [0, 0.1) is 0 Å². The molecule has 2 saturated carbocycles. The molecule has 0 spiro atoms. The summed E-state index contributed by atoms with van der Waals surface area (Å²) >= 11 is 0. The van der Waals surface area contributed by atoms with Crippen molar-refractivity contribution in [3.63, 3.8) is 0 Å². The molecule has 15 nitrogen and oxygen atoms in total. The number of nitrogens with zero attached hydrogens (tertiary/aromatic N) is 5. The van der Waals surface area contributed by atoms with Gasteiger partial charge in [0.2, 0.25) is 0 Å². The molecule has 3 fully saturated rings. The molecule has 1 aromatic carbocycles. The summed E-state index contributed by atoms with van der Waals surface area (Å²) in [7, 11) is 3.94. The second kappa shape index (κ2) is 20.8. The van der Waals surface area contributed by atoms with Crippen LogP contribution in [-0.4, -0.2) is 132 Å². The number of carbonyl (C=O) groups is 2. The zero-order valence-corrected chi connectivity index (χ0v) is 34.3. The van der Waals surface area contributed by atoms with Crippen LogP contribution in [0.5, 0.6) is 0 Å². The molecule has 2 aliphatic carbocycles. The van der Waals surface area contributed by atoms with Crippen LogP contribution in [0.4, 0.5) is 5.82 Å². The van der Waals surface area contributed by atoms with Gasteiger partial charge in [0, 0.05) is 58.1 Å². The van der Waals surface area contributed by atoms with E-state index in [1.54, 1.807) is 22.5 Å². The molecule has 3 aromatic heterocycles. The van der Waals surface area contributed by atoms with Crippen molar-refractivity contribution in [1.29, 1.82) is 0 Å². The van der Waals surface area contributed by atoms with E-state index in [0.29, 0.717) is 83.7 Å². The molecule has 316 valence electrons. The first-order chi connectivity index (χ1) is 28.4. The summed E-state index contributed by atoms with van der Waals surface area (Å²) in [6.45, 7) is 6.84. The molecule has 4 heterocycles. The Morgan fingerprint density at radius 2 is 1.59 bits per heavy atom. The Hall–Kier alpha value is -3.99. The van der Waals surface area contributed by atoms with Crippen molar-refractivity contribution < 1.29 is 33.3 Å². The standard InChI is InChI=1S/C43H61N7O8/c1-48(33-10-8-32(9-11-33)47-42-39-35(30-14-18-55-19-15-30)28-44-41(39)45-29-46-42)16-20-56-22-24-58-26-25-57-23-21-54-17-4-6-31-5-3-7-37-40(31)49(2)43(53)50(37)36-13-12-34(51)27-38(36)52/h3,5,7,28-30,32-33,36H,4,6,8-27H2,1-2H3,(H2,44,45,46,47). The number of aromatic nitrogens is 5. The van der Waals surface area contributed by atoms with Crippen LogP contribution in [0.25, 0.3) is 22.1 Å². The first kappa shape index (κ1) is 42.1. The van der Waals surface area contributed by atoms with Crippen molar-refractivity contribution in [3.8, 4) is 0 Å². The van der Waals surface area contributed by atoms with Gasteiger partial charge in [-0.15, -0.1) is 0 Å². The van der Waals surface area contributed by atoms with E-state index in [0.717, 1.165) is 105 Å². The number of nitrogens with one attached hydrogen (secondary N) is 2. The Bertz CT molecular complexity index is 2010. The predicted molar refractivity (Wildman–Crippen MR) is 221 cm³/mol. The average molecular weight is 804 g/mol. The summed E-state index contributed by atoms with van der Waals surface area (Å²) in [6, 6.07) is 6.19. The Labute approximate surface area is 340 Å². The number of H-pyrrole nitrogens is 1. The molecule has 0 amide bonds. The van der Waals surface area contributed by atoms with Crippen molar-refractivity contribution in [2.45, 2.75) is 94.7 Å². The third-order valence-corrected chi connectivity index (χ3v) is 12.2. The van der Waals surface area contributed by atoms with E-state index >= 15 is 0 Å². The number of Topliss-reactive ketones (excluding diaryl/α,β-unsaturated/α-hetero) is 2. The smallest absolute Gasteiger partial charge is 0.329 e. The summed E-state index contributed by atoms with van der Waals surface area (Å²) in [5.74, 6) is 1.20. The topological polar surface area (TPSA) is 164 Å². The maximum Gasteiger partial charge on any atom is 0.329 e. The van der Waals surface area contributed by atoms with Crippen molar-refractivity contribution in [2.75, 3.05) is 85.0 Å². The van der Waals surface area contributed by atoms with Crippen LogP contribution in [0.3, 0.4) is 0 Å². The molecule has 3 aliphatic rings. The average Bonchev–Trinajstić information content (AvgIpc) is 3.79. The number of fused-ring (bicyclic) bond motifs is 2. The van der Waals surface area contributed by atoms with Gasteiger partial charge in [-0.1, -0.05) is 12.1 Å². The number of benzene rings is 1. The number of ether oxygens (including phenoxy) is 5. The van der Waals surface area contributed by atoms with Gasteiger partial charge in [-0.25, -0.2) is 14.8 Å². The predicted octanol–water partition coefficient (Wildman–Crippen LogP) is 4.72. The highest BCUT2D eigenvalue weighted by Crippen LogP contribution is 2.36. The molecule has 1 unspecified atom stereocenters. The van der Waals surface area contributed by atoms with Gasteiger partial charge < -0.3 is 38.9 Å². The van der Waals surface area contributed by atoms with Gasteiger partial charge in [-0.05, 0) is 87.9 Å².